The van der Waals surface area contributed by atoms with Crippen LogP contribution in [0.15, 0.2) is 12.1 Å². The summed E-state index contributed by atoms with van der Waals surface area (Å²) in [5.74, 6) is -1.26. The summed E-state index contributed by atoms with van der Waals surface area (Å²) in [6, 6.07) is 3.25. The van der Waals surface area contributed by atoms with Crippen LogP contribution in [0.2, 0.25) is 4.34 Å². The minimum absolute atomic E-state index is 0.0347. The molecule has 0 amide bonds. The minimum atomic E-state index is -0.844. The Labute approximate surface area is 124 Å². The number of halogens is 1. The third kappa shape index (κ3) is 3.80. The Kier molecular flexibility index (Phi) is 4.77. The summed E-state index contributed by atoms with van der Waals surface area (Å²) in [7, 11) is 0. The summed E-state index contributed by atoms with van der Waals surface area (Å²) < 4.78 is 10.4. The first-order valence-corrected chi connectivity index (χ1v) is 7.33. The van der Waals surface area contributed by atoms with E-state index in [1.807, 2.05) is 0 Å². The number of carbonyl (C=O) groups is 3. The van der Waals surface area contributed by atoms with Gasteiger partial charge in [0, 0.05) is 12.8 Å². The molecule has 0 aromatic carbocycles. The molecule has 0 aliphatic carbocycles. The van der Waals surface area contributed by atoms with Gasteiger partial charge in [-0.1, -0.05) is 11.6 Å². The van der Waals surface area contributed by atoms with Crippen molar-refractivity contribution < 1.29 is 23.9 Å². The second-order valence-corrected chi connectivity index (χ2v) is 6.20. The molecule has 108 valence electrons. The Bertz CT molecular complexity index is 539. The normalized spacial score (nSPS) is 21.6. The van der Waals surface area contributed by atoms with Gasteiger partial charge in [-0.05, 0) is 19.1 Å². The van der Waals surface area contributed by atoms with Crippen molar-refractivity contribution in [2.75, 3.05) is 0 Å². The Morgan fingerprint density at radius 2 is 2.20 bits per heavy atom. The van der Waals surface area contributed by atoms with Crippen LogP contribution in [0.1, 0.15) is 35.9 Å². The van der Waals surface area contributed by atoms with E-state index in [1.165, 1.54) is 11.3 Å². The number of esters is 2. The van der Waals surface area contributed by atoms with Crippen molar-refractivity contribution in [2.24, 2.45) is 0 Å². The first-order valence-electron chi connectivity index (χ1n) is 6.14. The van der Waals surface area contributed by atoms with Gasteiger partial charge < -0.3 is 9.47 Å². The largest absolute Gasteiger partial charge is 0.460 e. The Balaban J connectivity index is 1.78. The van der Waals surface area contributed by atoms with E-state index < -0.39 is 18.0 Å². The topological polar surface area (TPSA) is 69.7 Å². The number of cyclic esters (lactones) is 1. The van der Waals surface area contributed by atoms with E-state index in [1.54, 1.807) is 19.1 Å². The van der Waals surface area contributed by atoms with Crippen molar-refractivity contribution in [3.05, 3.63) is 21.3 Å². The third-order valence-electron chi connectivity index (χ3n) is 2.80. The molecule has 1 aliphatic heterocycles. The molecule has 2 atom stereocenters. The van der Waals surface area contributed by atoms with Gasteiger partial charge in [-0.25, -0.2) is 4.79 Å². The number of Topliss-reactive ketones (excluding diaryl/α,β-unsaturated/α-hetero) is 1. The van der Waals surface area contributed by atoms with Gasteiger partial charge in [0.05, 0.1) is 15.6 Å². The number of carbonyl (C=O) groups excluding carboxylic acids is 3. The van der Waals surface area contributed by atoms with Crippen LogP contribution in [0.3, 0.4) is 0 Å². The monoisotopic (exact) mass is 316 g/mol. The molecule has 0 N–H and O–H groups in total. The van der Waals surface area contributed by atoms with E-state index in [9.17, 15) is 14.4 Å². The number of thiophene rings is 1. The molecule has 0 saturated carbocycles. The standard InChI is InChI=1S/C13H13ClO5S/c1-7-6-9(13(17)18-7)19-12(16)5-2-8(15)10-3-4-11(14)20-10/h3-4,7,9H,2,5-6H2,1H3/t7-,9-/m0/s1. The van der Waals surface area contributed by atoms with Crippen LogP contribution in [-0.4, -0.2) is 29.9 Å². The molecule has 5 nitrogen and oxygen atoms in total. The van der Waals surface area contributed by atoms with Crippen molar-refractivity contribution in [3.8, 4) is 0 Å². The number of ketones is 1. The van der Waals surface area contributed by atoms with Crippen LogP contribution in [0.5, 0.6) is 0 Å². The molecule has 1 aliphatic rings. The second kappa shape index (κ2) is 6.37. The zero-order valence-electron chi connectivity index (χ0n) is 10.8. The summed E-state index contributed by atoms with van der Waals surface area (Å²) in [5.41, 5.74) is 0. The zero-order valence-corrected chi connectivity index (χ0v) is 12.3. The van der Waals surface area contributed by atoms with E-state index in [-0.39, 0.29) is 24.7 Å². The number of ether oxygens (including phenoxy) is 2. The van der Waals surface area contributed by atoms with Gasteiger partial charge in [-0.3, -0.25) is 9.59 Å². The van der Waals surface area contributed by atoms with E-state index in [2.05, 4.69) is 0 Å². The molecule has 1 aromatic rings. The van der Waals surface area contributed by atoms with Gasteiger partial charge in [0.1, 0.15) is 6.10 Å². The fourth-order valence-electron chi connectivity index (χ4n) is 1.84. The van der Waals surface area contributed by atoms with Gasteiger partial charge in [0.25, 0.3) is 0 Å². The summed E-state index contributed by atoms with van der Waals surface area (Å²) in [6.07, 6.45) is -0.752. The maximum Gasteiger partial charge on any atom is 0.347 e. The van der Waals surface area contributed by atoms with Crippen molar-refractivity contribution in [1.82, 2.24) is 0 Å². The van der Waals surface area contributed by atoms with Crippen LogP contribution in [0, 0.1) is 0 Å². The molecule has 2 rings (SSSR count). The van der Waals surface area contributed by atoms with Gasteiger partial charge >= 0.3 is 11.9 Å². The first-order chi connectivity index (χ1) is 9.45. The summed E-state index contributed by atoms with van der Waals surface area (Å²) in [4.78, 5) is 35.2. The average molecular weight is 317 g/mol. The van der Waals surface area contributed by atoms with Crippen LogP contribution in [0.25, 0.3) is 0 Å². The fourth-order valence-corrected chi connectivity index (χ4v) is 2.85. The molecular formula is C13H13ClO5S. The fraction of sp³-hybridized carbons (Fsp3) is 0.462. The highest BCUT2D eigenvalue weighted by Crippen LogP contribution is 2.23. The van der Waals surface area contributed by atoms with Gasteiger partial charge in [0.15, 0.2) is 5.78 Å². The summed E-state index contributed by atoms with van der Waals surface area (Å²) >= 11 is 6.90. The maximum atomic E-state index is 11.8. The molecule has 2 heterocycles. The second-order valence-electron chi connectivity index (χ2n) is 4.49. The Morgan fingerprint density at radius 3 is 2.75 bits per heavy atom. The highest BCUT2D eigenvalue weighted by Gasteiger charge is 2.34. The lowest BCUT2D eigenvalue weighted by molar-refractivity contribution is -0.160. The molecule has 20 heavy (non-hydrogen) atoms. The number of rotatable bonds is 5. The average Bonchev–Trinajstić information content (AvgIpc) is 2.93. The van der Waals surface area contributed by atoms with E-state index in [4.69, 9.17) is 21.1 Å². The highest BCUT2D eigenvalue weighted by molar-refractivity contribution is 7.18. The van der Waals surface area contributed by atoms with E-state index >= 15 is 0 Å². The SMILES string of the molecule is C[C@H]1C[C@H](OC(=O)CCC(=O)c2ccc(Cl)s2)C(=O)O1. The third-order valence-corrected chi connectivity index (χ3v) is 4.08. The van der Waals surface area contributed by atoms with Crippen molar-refractivity contribution in [3.63, 3.8) is 0 Å². The molecule has 0 radical (unpaired) electrons. The van der Waals surface area contributed by atoms with Crippen LogP contribution in [-0.2, 0) is 19.1 Å². The van der Waals surface area contributed by atoms with Gasteiger partial charge in [0.2, 0.25) is 6.10 Å². The Morgan fingerprint density at radius 1 is 1.45 bits per heavy atom. The minimum Gasteiger partial charge on any atom is -0.460 e. The van der Waals surface area contributed by atoms with Crippen molar-refractivity contribution in [2.45, 2.75) is 38.4 Å². The van der Waals surface area contributed by atoms with Gasteiger partial charge in [-0.15, -0.1) is 11.3 Å². The van der Waals surface area contributed by atoms with Crippen LogP contribution in [0.4, 0.5) is 0 Å². The van der Waals surface area contributed by atoms with E-state index in [0.29, 0.717) is 15.6 Å². The molecule has 0 unspecified atom stereocenters. The van der Waals surface area contributed by atoms with Gasteiger partial charge in [-0.2, -0.15) is 0 Å². The smallest absolute Gasteiger partial charge is 0.347 e. The molecular weight excluding hydrogens is 304 g/mol. The molecule has 0 bridgehead atoms. The maximum absolute atomic E-state index is 11.8. The molecule has 1 aromatic heterocycles. The van der Waals surface area contributed by atoms with Crippen molar-refractivity contribution >= 4 is 40.7 Å². The molecule has 0 spiro atoms. The lowest BCUT2D eigenvalue weighted by Crippen LogP contribution is -2.22. The zero-order chi connectivity index (χ0) is 14.7. The lowest BCUT2D eigenvalue weighted by atomic mass is 10.2. The van der Waals surface area contributed by atoms with Crippen LogP contribution >= 0.6 is 22.9 Å². The number of hydrogen-bond donors (Lipinski definition) is 0. The molecule has 1 fully saturated rings. The highest BCUT2D eigenvalue weighted by atomic mass is 35.5. The van der Waals surface area contributed by atoms with Crippen molar-refractivity contribution in [1.29, 1.82) is 0 Å². The molecule has 7 heteroatoms. The summed E-state index contributed by atoms with van der Waals surface area (Å²) in [5, 5.41) is 0. The van der Waals surface area contributed by atoms with E-state index in [0.717, 1.165) is 0 Å². The first kappa shape index (κ1) is 15.0. The Hall–Kier alpha value is -1.40. The molecule has 1 saturated heterocycles. The summed E-state index contributed by atoms with van der Waals surface area (Å²) in [6.45, 7) is 1.73. The predicted molar refractivity (Wildman–Crippen MR) is 72.9 cm³/mol. The lowest BCUT2D eigenvalue weighted by Gasteiger charge is -2.07. The van der Waals surface area contributed by atoms with Crippen LogP contribution < -0.4 is 0 Å². The predicted octanol–water partition coefficient (Wildman–Crippen LogP) is 2.61. The number of hydrogen-bond acceptors (Lipinski definition) is 6. The quantitative estimate of drug-likeness (QED) is 0.617.